The molecule has 84 valence electrons. The summed E-state index contributed by atoms with van der Waals surface area (Å²) >= 11 is 0. The van der Waals surface area contributed by atoms with Crippen LogP contribution in [-0.2, 0) is 0 Å². The van der Waals surface area contributed by atoms with Gasteiger partial charge >= 0.3 is 0 Å². The van der Waals surface area contributed by atoms with Gasteiger partial charge in [-0.25, -0.2) is 17.6 Å². The van der Waals surface area contributed by atoms with E-state index >= 15 is 0 Å². The smallest absolute Gasteiger partial charge is 0.257 e. The molecule has 15 heavy (non-hydrogen) atoms. The summed E-state index contributed by atoms with van der Waals surface area (Å²) in [6.45, 7) is 1.37. The Labute approximate surface area is 85.1 Å². The average molecular weight is 221 g/mol. The van der Waals surface area contributed by atoms with Crippen molar-refractivity contribution in [1.29, 1.82) is 0 Å². The normalized spacial score (nSPS) is 13.3. The summed E-state index contributed by atoms with van der Waals surface area (Å²) in [4.78, 5) is 0. The van der Waals surface area contributed by atoms with Crippen LogP contribution in [0.4, 0.5) is 17.6 Å². The first-order valence-corrected chi connectivity index (χ1v) is 4.39. The van der Waals surface area contributed by atoms with Gasteiger partial charge in [0.05, 0.1) is 6.04 Å². The zero-order valence-corrected chi connectivity index (χ0v) is 8.32. The number of hydrogen-bond acceptors (Lipinski definition) is 1. The molecule has 0 saturated heterocycles. The Kier molecular flexibility index (Phi) is 3.68. The molecule has 1 N–H and O–H groups in total. The molecule has 0 bridgehead atoms. The van der Waals surface area contributed by atoms with Crippen molar-refractivity contribution in [3.05, 3.63) is 34.9 Å². The molecule has 0 aromatic heterocycles. The minimum Gasteiger partial charge on any atom is -0.308 e. The number of aryl methyl sites for hydroxylation is 1. The van der Waals surface area contributed by atoms with Gasteiger partial charge < -0.3 is 5.32 Å². The van der Waals surface area contributed by atoms with Crippen molar-refractivity contribution in [2.45, 2.75) is 19.4 Å². The van der Waals surface area contributed by atoms with Crippen molar-refractivity contribution in [2.24, 2.45) is 0 Å². The first kappa shape index (κ1) is 12.0. The molecule has 5 heteroatoms. The van der Waals surface area contributed by atoms with Crippen LogP contribution in [-0.4, -0.2) is 13.5 Å². The third-order valence-electron chi connectivity index (χ3n) is 2.20. The van der Waals surface area contributed by atoms with Gasteiger partial charge in [-0.15, -0.1) is 0 Å². The molecular formula is C10H11F4N. The SMILES string of the molecule is CNC(c1ccc(C)c(F)c1F)C(F)F. The Morgan fingerprint density at radius 2 is 1.73 bits per heavy atom. The van der Waals surface area contributed by atoms with Gasteiger partial charge in [-0.05, 0) is 19.5 Å². The van der Waals surface area contributed by atoms with E-state index in [0.717, 1.165) is 0 Å². The second-order valence-electron chi connectivity index (χ2n) is 3.20. The third kappa shape index (κ3) is 2.28. The maximum atomic E-state index is 13.3. The Morgan fingerprint density at radius 1 is 1.13 bits per heavy atom. The van der Waals surface area contributed by atoms with E-state index in [1.165, 1.54) is 26.1 Å². The highest BCUT2D eigenvalue weighted by atomic mass is 19.3. The molecule has 0 spiro atoms. The van der Waals surface area contributed by atoms with E-state index in [9.17, 15) is 17.6 Å². The number of nitrogens with one attached hydrogen (secondary N) is 1. The van der Waals surface area contributed by atoms with E-state index in [1.54, 1.807) is 0 Å². The van der Waals surface area contributed by atoms with Crippen molar-refractivity contribution in [2.75, 3.05) is 7.05 Å². The standard InChI is InChI=1S/C10H11F4N/c1-5-3-4-6(8(12)7(5)11)9(15-2)10(13)14/h3-4,9-10,15H,1-2H3. The largest absolute Gasteiger partial charge is 0.308 e. The second-order valence-corrected chi connectivity index (χ2v) is 3.20. The zero-order chi connectivity index (χ0) is 11.6. The lowest BCUT2D eigenvalue weighted by Gasteiger charge is -2.16. The molecule has 0 heterocycles. The lowest BCUT2D eigenvalue weighted by Crippen LogP contribution is -2.25. The minimum absolute atomic E-state index is 0.0976. The molecule has 0 radical (unpaired) electrons. The van der Waals surface area contributed by atoms with Gasteiger partial charge in [0.1, 0.15) is 0 Å². The fourth-order valence-electron chi connectivity index (χ4n) is 1.32. The van der Waals surface area contributed by atoms with Crippen LogP contribution in [0.25, 0.3) is 0 Å². The monoisotopic (exact) mass is 221 g/mol. The van der Waals surface area contributed by atoms with Gasteiger partial charge in [0.25, 0.3) is 6.43 Å². The highest BCUT2D eigenvalue weighted by Gasteiger charge is 2.25. The van der Waals surface area contributed by atoms with Crippen LogP contribution < -0.4 is 5.32 Å². The van der Waals surface area contributed by atoms with E-state index in [-0.39, 0.29) is 11.1 Å². The summed E-state index contributed by atoms with van der Waals surface area (Å²) in [5.41, 5.74) is -0.254. The summed E-state index contributed by atoms with van der Waals surface area (Å²) in [7, 11) is 1.27. The molecular weight excluding hydrogens is 210 g/mol. The molecule has 1 unspecified atom stereocenters. The van der Waals surface area contributed by atoms with Crippen LogP contribution in [0, 0.1) is 18.6 Å². The molecule has 0 aliphatic rings. The Hall–Kier alpha value is -1.10. The number of rotatable bonds is 3. The van der Waals surface area contributed by atoms with E-state index in [2.05, 4.69) is 5.32 Å². The maximum Gasteiger partial charge on any atom is 0.257 e. The molecule has 0 aliphatic carbocycles. The van der Waals surface area contributed by atoms with Crippen molar-refractivity contribution in [1.82, 2.24) is 5.32 Å². The minimum atomic E-state index is -2.79. The van der Waals surface area contributed by atoms with Gasteiger partial charge in [0.15, 0.2) is 11.6 Å². The zero-order valence-electron chi connectivity index (χ0n) is 8.32. The van der Waals surface area contributed by atoms with Crippen LogP contribution in [0.5, 0.6) is 0 Å². The second kappa shape index (κ2) is 4.61. The molecule has 1 aromatic rings. The molecule has 1 atom stereocenters. The van der Waals surface area contributed by atoms with Crippen LogP contribution in [0.3, 0.4) is 0 Å². The molecule has 1 rings (SSSR count). The van der Waals surface area contributed by atoms with Crippen molar-refractivity contribution in [3.8, 4) is 0 Å². The Morgan fingerprint density at radius 3 is 2.20 bits per heavy atom. The van der Waals surface area contributed by atoms with Crippen LogP contribution in [0.2, 0.25) is 0 Å². The maximum absolute atomic E-state index is 13.3. The summed E-state index contributed by atoms with van der Waals surface area (Å²) in [6.07, 6.45) is -2.79. The number of hydrogen-bond donors (Lipinski definition) is 1. The number of halogens is 4. The fourth-order valence-corrected chi connectivity index (χ4v) is 1.32. The van der Waals surface area contributed by atoms with Gasteiger partial charge in [0, 0.05) is 5.56 Å². The molecule has 0 fully saturated rings. The highest BCUT2D eigenvalue weighted by molar-refractivity contribution is 5.28. The van der Waals surface area contributed by atoms with Crippen molar-refractivity contribution < 1.29 is 17.6 Å². The predicted octanol–water partition coefficient (Wildman–Crippen LogP) is 2.80. The Balaban J connectivity index is 3.19. The van der Waals surface area contributed by atoms with Gasteiger partial charge in [-0.2, -0.15) is 0 Å². The number of alkyl halides is 2. The molecule has 0 aliphatic heterocycles. The van der Waals surface area contributed by atoms with E-state index in [4.69, 9.17) is 0 Å². The third-order valence-corrected chi connectivity index (χ3v) is 2.20. The molecule has 0 amide bonds. The predicted molar refractivity (Wildman–Crippen MR) is 48.9 cm³/mol. The van der Waals surface area contributed by atoms with E-state index in [0.29, 0.717) is 0 Å². The van der Waals surface area contributed by atoms with E-state index in [1.807, 2.05) is 0 Å². The molecule has 0 saturated carbocycles. The topological polar surface area (TPSA) is 12.0 Å². The quantitative estimate of drug-likeness (QED) is 0.774. The summed E-state index contributed by atoms with van der Waals surface area (Å²) in [5, 5.41) is 2.25. The first-order chi connectivity index (χ1) is 6.99. The molecule has 1 nitrogen and oxygen atoms in total. The summed E-state index contributed by atoms with van der Waals surface area (Å²) in [5.74, 6) is -2.29. The van der Waals surface area contributed by atoms with Crippen LogP contribution in [0.1, 0.15) is 17.2 Å². The fraction of sp³-hybridized carbons (Fsp3) is 0.400. The average Bonchev–Trinajstić information content (AvgIpc) is 2.18. The van der Waals surface area contributed by atoms with Crippen molar-refractivity contribution in [3.63, 3.8) is 0 Å². The lowest BCUT2D eigenvalue weighted by atomic mass is 10.0. The van der Waals surface area contributed by atoms with Crippen molar-refractivity contribution >= 4 is 0 Å². The first-order valence-electron chi connectivity index (χ1n) is 4.39. The van der Waals surface area contributed by atoms with Crippen LogP contribution >= 0.6 is 0 Å². The van der Waals surface area contributed by atoms with Gasteiger partial charge in [0.2, 0.25) is 0 Å². The summed E-state index contributed by atoms with van der Waals surface area (Å²) < 4.78 is 51.3. The highest BCUT2D eigenvalue weighted by Crippen LogP contribution is 2.25. The van der Waals surface area contributed by atoms with Crippen LogP contribution in [0.15, 0.2) is 12.1 Å². The molecule has 1 aromatic carbocycles. The Bertz CT molecular complexity index is 352. The van der Waals surface area contributed by atoms with Gasteiger partial charge in [-0.1, -0.05) is 12.1 Å². The summed E-state index contributed by atoms with van der Waals surface area (Å²) in [6, 6.07) is 0.960. The van der Waals surface area contributed by atoms with E-state index < -0.39 is 24.1 Å². The van der Waals surface area contributed by atoms with Gasteiger partial charge in [-0.3, -0.25) is 0 Å². The number of benzene rings is 1. The lowest BCUT2D eigenvalue weighted by molar-refractivity contribution is 0.100.